The first-order valence-corrected chi connectivity index (χ1v) is 8.51. The summed E-state index contributed by atoms with van der Waals surface area (Å²) in [7, 11) is 1.95. The number of likely N-dealkylation sites (N-methyl/N-ethyl adjacent to an activating group) is 2. The molecule has 0 unspecified atom stereocenters. The molecule has 132 valence electrons. The minimum absolute atomic E-state index is 0.0973. The van der Waals surface area contributed by atoms with Crippen molar-refractivity contribution in [2.24, 2.45) is 0 Å². The first-order chi connectivity index (χ1) is 12.1. The van der Waals surface area contributed by atoms with Crippen LogP contribution in [0.2, 0.25) is 0 Å². The molecule has 0 saturated heterocycles. The third-order valence-corrected chi connectivity index (χ3v) is 4.32. The second kappa shape index (κ2) is 7.57. The van der Waals surface area contributed by atoms with Gasteiger partial charge < -0.3 is 14.4 Å². The van der Waals surface area contributed by atoms with E-state index in [0.717, 1.165) is 28.3 Å². The van der Waals surface area contributed by atoms with Crippen molar-refractivity contribution < 1.29 is 14.3 Å². The quantitative estimate of drug-likeness (QED) is 0.810. The molecular formula is C20H24N2O3. The van der Waals surface area contributed by atoms with E-state index in [4.69, 9.17) is 9.47 Å². The summed E-state index contributed by atoms with van der Waals surface area (Å²) in [5.74, 6) is 1.64. The van der Waals surface area contributed by atoms with E-state index >= 15 is 0 Å². The van der Waals surface area contributed by atoms with Crippen molar-refractivity contribution in [1.29, 1.82) is 0 Å². The predicted molar refractivity (Wildman–Crippen MR) is 98.1 cm³/mol. The van der Waals surface area contributed by atoms with Crippen LogP contribution in [-0.4, -0.2) is 37.7 Å². The molecule has 5 nitrogen and oxygen atoms in total. The molecule has 0 bridgehead atoms. The zero-order valence-electron chi connectivity index (χ0n) is 15.0. The summed E-state index contributed by atoms with van der Waals surface area (Å²) < 4.78 is 10.7. The molecule has 0 aromatic heterocycles. The number of aryl methyl sites for hydroxylation is 1. The minimum atomic E-state index is 0.0973. The van der Waals surface area contributed by atoms with Gasteiger partial charge in [0, 0.05) is 18.8 Å². The van der Waals surface area contributed by atoms with Gasteiger partial charge in [0.2, 0.25) is 12.7 Å². The Bertz CT molecular complexity index is 760. The molecule has 25 heavy (non-hydrogen) atoms. The fourth-order valence-electron chi connectivity index (χ4n) is 3.07. The van der Waals surface area contributed by atoms with E-state index < -0.39 is 0 Å². The van der Waals surface area contributed by atoms with Crippen molar-refractivity contribution in [3.63, 3.8) is 0 Å². The maximum atomic E-state index is 12.8. The largest absolute Gasteiger partial charge is 0.454 e. The summed E-state index contributed by atoms with van der Waals surface area (Å²) >= 11 is 0. The molecule has 3 rings (SSSR count). The number of para-hydroxylation sites is 1. The van der Waals surface area contributed by atoms with Crippen molar-refractivity contribution in [2.75, 3.05) is 31.8 Å². The lowest BCUT2D eigenvalue weighted by Gasteiger charge is -2.26. The fourth-order valence-corrected chi connectivity index (χ4v) is 3.07. The summed E-state index contributed by atoms with van der Waals surface area (Å²) in [5, 5.41) is 0. The lowest BCUT2D eigenvalue weighted by Crippen LogP contribution is -2.39. The van der Waals surface area contributed by atoms with Crippen LogP contribution in [0.4, 0.5) is 5.69 Å². The van der Waals surface area contributed by atoms with Gasteiger partial charge in [-0.25, -0.2) is 0 Å². The van der Waals surface area contributed by atoms with Crippen LogP contribution in [0, 0.1) is 6.92 Å². The molecule has 1 aliphatic rings. The number of nitrogens with zero attached hydrogens (tertiary/aromatic N) is 2. The molecule has 0 spiro atoms. The monoisotopic (exact) mass is 340 g/mol. The highest BCUT2D eigenvalue weighted by molar-refractivity contribution is 5.95. The van der Waals surface area contributed by atoms with Crippen molar-refractivity contribution >= 4 is 11.6 Å². The third kappa shape index (κ3) is 3.94. The number of hydrogen-bond donors (Lipinski definition) is 0. The molecule has 1 aliphatic heterocycles. The van der Waals surface area contributed by atoms with Gasteiger partial charge in [0.1, 0.15) is 0 Å². The standard InChI is InChI=1S/C20H24N2O3/c1-4-22(17-8-6-5-7-15(17)2)20(23)13-21(3)12-16-9-10-18-19(11-16)25-14-24-18/h5-11H,4,12-14H2,1-3H3. The summed E-state index contributed by atoms with van der Waals surface area (Å²) in [6, 6.07) is 13.9. The molecule has 2 aromatic rings. The molecule has 1 amide bonds. The smallest absolute Gasteiger partial charge is 0.241 e. The van der Waals surface area contributed by atoms with Crippen LogP contribution >= 0.6 is 0 Å². The number of benzene rings is 2. The molecule has 0 radical (unpaired) electrons. The van der Waals surface area contributed by atoms with Gasteiger partial charge in [-0.15, -0.1) is 0 Å². The highest BCUT2D eigenvalue weighted by Gasteiger charge is 2.18. The van der Waals surface area contributed by atoms with E-state index in [1.54, 1.807) is 0 Å². The molecule has 0 N–H and O–H groups in total. The Morgan fingerprint density at radius 1 is 1.12 bits per heavy atom. The topological polar surface area (TPSA) is 42.0 Å². The van der Waals surface area contributed by atoms with E-state index in [-0.39, 0.29) is 12.7 Å². The Morgan fingerprint density at radius 2 is 1.88 bits per heavy atom. The Morgan fingerprint density at radius 3 is 2.64 bits per heavy atom. The average molecular weight is 340 g/mol. The summed E-state index contributed by atoms with van der Waals surface area (Å²) in [6.07, 6.45) is 0. The van der Waals surface area contributed by atoms with Crippen molar-refractivity contribution in [2.45, 2.75) is 20.4 Å². The van der Waals surface area contributed by atoms with Crippen molar-refractivity contribution in [3.8, 4) is 11.5 Å². The van der Waals surface area contributed by atoms with Crippen LogP contribution in [0.5, 0.6) is 11.5 Å². The number of carbonyl (C=O) groups is 1. The Balaban J connectivity index is 1.64. The number of rotatable bonds is 6. The Kier molecular flexibility index (Phi) is 5.24. The SMILES string of the molecule is CCN(C(=O)CN(C)Cc1ccc2c(c1)OCO2)c1ccccc1C. The Labute approximate surface area is 148 Å². The predicted octanol–water partition coefficient (Wildman–Crippen LogP) is 3.21. The van der Waals surface area contributed by atoms with Gasteiger partial charge in [-0.1, -0.05) is 24.3 Å². The van der Waals surface area contributed by atoms with Crippen LogP contribution in [0.1, 0.15) is 18.1 Å². The van der Waals surface area contributed by atoms with E-state index in [9.17, 15) is 4.79 Å². The summed E-state index contributed by atoms with van der Waals surface area (Å²) in [6.45, 7) is 5.99. The Hall–Kier alpha value is -2.53. The van der Waals surface area contributed by atoms with Gasteiger partial charge in [0.15, 0.2) is 11.5 Å². The average Bonchev–Trinajstić information content (AvgIpc) is 3.04. The third-order valence-electron chi connectivity index (χ3n) is 4.32. The molecule has 0 saturated carbocycles. The first-order valence-electron chi connectivity index (χ1n) is 8.51. The molecule has 0 fully saturated rings. The maximum absolute atomic E-state index is 12.8. The zero-order valence-corrected chi connectivity index (χ0v) is 15.0. The number of ether oxygens (including phenoxy) is 2. The second-order valence-corrected chi connectivity index (χ2v) is 6.28. The lowest BCUT2D eigenvalue weighted by atomic mass is 10.1. The number of amides is 1. The molecular weight excluding hydrogens is 316 g/mol. The van der Waals surface area contributed by atoms with Crippen LogP contribution in [-0.2, 0) is 11.3 Å². The number of anilines is 1. The van der Waals surface area contributed by atoms with Gasteiger partial charge in [0.25, 0.3) is 0 Å². The first kappa shape index (κ1) is 17.3. The zero-order chi connectivity index (χ0) is 17.8. The highest BCUT2D eigenvalue weighted by atomic mass is 16.7. The van der Waals surface area contributed by atoms with Crippen LogP contribution < -0.4 is 14.4 Å². The molecule has 2 aromatic carbocycles. The van der Waals surface area contributed by atoms with E-state index in [1.807, 2.05) is 73.2 Å². The minimum Gasteiger partial charge on any atom is -0.454 e. The lowest BCUT2D eigenvalue weighted by molar-refractivity contribution is -0.119. The van der Waals surface area contributed by atoms with Gasteiger partial charge in [-0.05, 0) is 50.2 Å². The van der Waals surface area contributed by atoms with Crippen molar-refractivity contribution in [3.05, 3.63) is 53.6 Å². The van der Waals surface area contributed by atoms with Gasteiger partial charge >= 0.3 is 0 Å². The van der Waals surface area contributed by atoms with E-state index in [1.165, 1.54) is 0 Å². The van der Waals surface area contributed by atoms with E-state index in [0.29, 0.717) is 19.6 Å². The molecule has 0 aliphatic carbocycles. The molecule has 0 atom stereocenters. The van der Waals surface area contributed by atoms with Crippen LogP contribution in [0.3, 0.4) is 0 Å². The van der Waals surface area contributed by atoms with Gasteiger partial charge in [-0.3, -0.25) is 9.69 Å². The number of hydrogen-bond acceptors (Lipinski definition) is 4. The number of fused-ring (bicyclic) bond motifs is 1. The van der Waals surface area contributed by atoms with Gasteiger partial charge in [0.05, 0.1) is 6.54 Å². The maximum Gasteiger partial charge on any atom is 0.241 e. The fraction of sp³-hybridized carbons (Fsp3) is 0.350. The molecule has 1 heterocycles. The van der Waals surface area contributed by atoms with E-state index in [2.05, 4.69) is 0 Å². The summed E-state index contributed by atoms with van der Waals surface area (Å²) in [5.41, 5.74) is 3.18. The molecule has 5 heteroatoms. The van der Waals surface area contributed by atoms with Crippen molar-refractivity contribution in [1.82, 2.24) is 4.90 Å². The second-order valence-electron chi connectivity index (χ2n) is 6.28. The van der Waals surface area contributed by atoms with Crippen LogP contribution in [0.15, 0.2) is 42.5 Å². The summed E-state index contributed by atoms with van der Waals surface area (Å²) in [4.78, 5) is 16.6. The highest BCUT2D eigenvalue weighted by Crippen LogP contribution is 2.32. The normalized spacial score (nSPS) is 12.5. The van der Waals surface area contributed by atoms with Crippen LogP contribution in [0.25, 0.3) is 0 Å². The number of carbonyl (C=O) groups excluding carboxylic acids is 1. The van der Waals surface area contributed by atoms with Gasteiger partial charge in [-0.2, -0.15) is 0 Å².